The van der Waals surface area contributed by atoms with Crippen LogP contribution in [-0.4, -0.2) is 37.4 Å². The number of para-hydroxylation sites is 1. The fourth-order valence-electron chi connectivity index (χ4n) is 1.56. The lowest BCUT2D eigenvalue weighted by molar-refractivity contribution is 0.435. The van der Waals surface area contributed by atoms with Gasteiger partial charge in [0, 0.05) is 30.9 Å². The molecule has 0 spiro atoms. The first-order chi connectivity index (χ1) is 7.70. The molecular weight excluding hydrogens is 200 g/mol. The van der Waals surface area contributed by atoms with Crippen LogP contribution in [0.4, 0.5) is 5.69 Å². The van der Waals surface area contributed by atoms with Gasteiger partial charge in [0.2, 0.25) is 0 Å². The van der Waals surface area contributed by atoms with Gasteiger partial charge in [0.1, 0.15) is 5.84 Å². The highest BCUT2D eigenvalue weighted by atomic mass is 15.2. The Labute approximate surface area is 97.0 Å². The predicted octanol–water partition coefficient (Wildman–Crippen LogP) is 1.14. The van der Waals surface area contributed by atoms with Crippen LogP contribution in [-0.2, 0) is 0 Å². The maximum atomic E-state index is 8.12. The van der Waals surface area contributed by atoms with E-state index in [1.165, 1.54) is 0 Å². The zero-order chi connectivity index (χ0) is 12.0. The van der Waals surface area contributed by atoms with Gasteiger partial charge in [0.15, 0.2) is 0 Å². The van der Waals surface area contributed by atoms with E-state index in [0.29, 0.717) is 11.5 Å². The largest absolute Gasteiger partial charge is 0.398 e. The fraction of sp³-hybridized carbons (Fsp3) is 0.417. The Kier molecular flexibility index (Phi) is 4.79. The second-order valence-corrected chi connectivity index (χ2v) is 3.62. The first-order valence-corrected chi connectivity index (χ1v) is 5.53. The summed E-state index contributed by atoms with van der Waals surface area (Å²) in [5.74, 6) is 0.496. The number of nitrogens with one attached hydrogen (secondary N) is 2. The lowest BCUT2D eigenvalue weighted by atomic mass is 10.1. The number of benzene rings is 1. The number of nitrogen functional groups attached to an aromatic ring is 1. The average molecular weight is 220 g/mol. The molecule has 0 aromatic heterocycles. The zero-order valence-corrected chi connectivity index (χ0v) is 9.96. The van der Waals surface area contributed by atoms with E-state index in [-0.39, 0.29) is 0 Å². The molecule has 0 radical (unpaired) electrons. The van der Waals surface area contributed by atoms with Crippen molar-refractivity contribution >= 4 is 11.5 Å². The molecule has 1 rings (SSSR count). The molecule has 0 saturated carbocycles. The third-order valence-electron chi connectivity index (χ3n) is 2.55. The summed E-state index contributed by atoms with van der Waals surface area (Å²) in [6.07, 6.45) is 0. The molecule has 0 aliphatic carbocycles. The summed E-state index contributed by atoms with van der Waals surface area (Å²) in [6.45, 7) is 4.54. The Hall–Kier alpha value is -1.55. The lowest BCUT2D eigenvalue weighted by Crippen LogP contribution is -2.36. The van der Waals surface area contributed by atoms with Gasteiger partial charge >= 0.3 is 0 Å². The minimum absolute atomic E-state index is 0.496. The van der Waals surface area contributed by atoms with Crippen molar-refractivity contribution in [1.29, 1.82) is 5.41 Å². The monoisotopic (exact) mass is 220 g/mol. The maximum absolute atomic E-state index is 8.12. The smallest absolute Gasteiger partial charge is 0.130 e. The molecule has 1 aromatic carbocycles. The van der Waals surface area contributed by atoms with E-state index in [0.717, 1.165) is 25.2 Å². The highest BCUT2D eigenvalue weighted by Crippen LogP contribution is 2.13. The van der Waals surface area contributed by atoms with E-state index in [4.69, 9.17) is 11.1 Å². The van der Waals surface area contributed by atoms with Gasteiger partial charge < -0.3 is 16.0 Å². The Morgan fingerprint density at radius 3 is 2.69 bits per heavy atom. The van der Waals surface area contributed by atoms with Crippen molar-refractivity contribution < 1.29 is 0 Å². The molecule has 0 unspecified atom stereocenters. The van der Waals surface area contributed by atoms with Crippen molar-refractivity contribution in [2.24, 2.45) is 0 Å². The third kappa shape index (κ3) is 2.97. The Morgan fingerprint density at radius 2 is 2.12 bits per heavy atom. The molecule has 0 heterocycles. The number of nitrogens with zero attached hydrogens (tertiary/aromatic N) is 1. The van der Waals surface area contributed by atoms with Gasteiger partial charge in [-0.3, -0.25) is 5.41 Å². The fourth-order valence-corrected chi connectivity index (χ4v) is 1.56. The molecule has 0 aliphatic heterocycles. The average Bonchev–Trinajstić information content (AvgIpc) is 2.30. The highest BCUT2D eigenvalue weighted by molar-refractivity contribution is 6.00. The summed E-state index contributed by atoms with van der Waals surface area (Å²) in [7, 11) is 1.91. The van der Waals surface area contributed by atoms with Crippen LogP contribution >= 0.6 is 0 Å². The second kappa shape index (κ2) is 6.12. The summed E-state index contributed by atoms with van der Waals surface area (Å²) in [5, 5.41) is 11.2. The molecule has 4 heteroatoms. The molecule has 0 aliphatic rings. The topological polar surface area (TPSA) is 65.1 Å². The van der Waals surface area contributed by atoms with Crippen molar-refractivity contribution in [2.75, 3.05) is 32.4 Å². The summed E-state index contributed by atoms with van der Waals surface area (Å²) >= 11 is 0. The summed E-state index contributed by atoms with van der Waals surface area (Å²) in [6, 6.07) is 7.51. The van der Waals surface area contributed by atoms with E-state index in [1.807, 2.05) is 43.1 Å². The lowest BCUT2D eigenvalue weighted by Gasteiger charge is -2.24. The van der Waals surface area contributed by atoms with Gasteiger partial charge in [-0.15, -0.1) is 0 Å². The van der Waals surface area contributed by atoms with Gasteiger partial charge in [-0.05, 0) is 26.1 Å². The Morgan fingerprint density at radius 1 is 1.44 bits per heavy atom. The molecule has 4 N–H and O–H groups in total. The third-order valence-corrected chi connectivity index (χ3v) is 2.55. The van der Waals surface area contributed by atoms with Crippen molar-refractivity contribution in [3.8, 4) is 0 Å². The molecule has 88 valence electrons. The molecule has 0 bridgehead atoms. The van der Waals surface area contributed by atoms with Crippen LogP contribution in [0.25, 0.3) is 0 Å². The number of hydrogen-bond donors (Lipinski definition) is 3. The van der Waals surface area contributed by atoms with E-state index in [9.17, 15) is 0 Å². The minimum Gasteiger partial charge on any atom is -0.398 e. The SMILES string of the molecule is CCN(CCNC)C(=N)c1ccccc1N. The van der Waals surface area contributed by atoms with E-state index in [2.05, 4.69) is 5.32 Å². The van der Waals surface area contributed by atoms with E-state index in [1.54, 1.807) is 0 Å². The number of hydrogen-bond acceptors (Lipinski definition) is 3. The maximum Gasteiger partial charge on any atom is 0.130 e. The first kappa shape index (κ1) is 12.5. The Bertz CT molecular complexity index is 349. The van der Waals surface area contributed by atoms with Crippen molar-refractivity contribution in [1.82, 2.24) is 10.2 Å². The van der Waals surface area contributed by atoms with Gasteiger partial charge in [-0.2, -0.15) is 0 Å². The molecular formula is C12H20N4. The molecule has 0 amide bonds. The van der Waals surface area contributed by atoms with E-state index < -0.39 is 0 Å². The number of rotatable bonds is 5. The van der Waals surface area contributed by atoms with Gasteiger partial charge in [0.25, 0.3) is 0 Å². The van der Waals surface area contributed by atoms with Crippen LogP contribution in [0.2, 0.25) is 0 Å². The normalized spacial score (nSPS) is 10.1. The van der Waals surface area contributed by atoms with Crippen molar-refractivity contribution in [3.05, 3.63) is 29.8 Å². The summed E-state index contributed by atoms with van der Waals surface area (Å²) in [5.41, 5.74) is 7.33. The molecule has 16 heavy (non-hydrogen) atoms. The minimum atomic E-state index is 0.496. The van der Waals surface area contributed by atoms with Crippen LogP contribution in [0.3, 0.4) is 0 Å². The number of anilines is 1. The van der Waals surface area contributed by atoms with Crippen LogP contribution in [0.15, 0.2) is 24.3 Å². The molecule has 0 saturated heterocycles. The van der Waals surface area contributed by atoms with Crippen LogP contribution in [0.5, 0.6) is 0 Å². The van der Waals surface area contributed by atoms with Crippen LogP contribution < -0.4 is 11.1 Å². The van der Waals surface area contributed by atoms with Crippen molar-refractivity contribution in [2.45, 2.75) is 6.92 Å². The molecule has 0 fully saturated rings. The van der Waals surface area contributed by atoms with Crippen LogP contribution in [0, 0.1) is 5.41 Å². The van der Waals surface area contributed by atoms with Gasteiger partial charge in [0.05, 0.1) is 0 Å². The quantitative estimate of drug-likeness (QED) is 0.396. The molecule has 1 aromatic rings. The van der Waals surface area contributed by atoms with Crippen LogP contribution in [0.1, 0.15) is 12.5 Å². The number of likely N-dealkylation sites (N-methyl/N-ethyl adjacent to an activating group) is 2. The molecule has 0 atom stereocenters. The number of nitrogens with two attached hydrogens (primary N) is 1. The van der Waals surface area contributed by atoms with Gasteiger partial charge in [-0.1, -0.05) is 12.1 Å². The first-order valence-electron chi connectivity index (χ1n) is 5.53. The summed E-state index contributed by atoms with van der Waals surface area (Å²) in [4.78, 5) is 2.00. The zero-order valence-electron chi connectivity index (χ0n) is 9.96. The van der Waals surface area contributed by atoms with E-state index >= 15 is 0 Å². The number of amidine groups is 1. The highest BCUT2D eigenvalue weighted by Gasteiger charge is 2.11. The second-order valence-electron chi connectivity index (χ2n) is 3.62. The summed E-state index contributed by atoms with van der Waals surface area (Å²) < 4.78 is 0. The Balaban J connectivity index is 2.79. The predicted molar refractivity (Wildman–Crippen MR) is 68.9 cm³/mol. The van der Waals surface area contributed by atoms with Gasteiger partial charge in [-0.25, -0.2) is 0 Å². The standard InChI is InChI=1S/C12H20N4/c1-3-16(9-8-15-2)12(14)10-6-4-5-7-11(10)13/h4-7,14-15H,3,8-9,13H2,1-2H3. The molecule has 4 nitrogen and oxygen atoms in total. The van der Waals surface area contributed by atoms with Crippen molar-refractivity contribution in [3.63, 3.8) is 0 Å².